The molecule has 0 aromatic rings. The summed E-state index contributed by atoms with van der Waals surface area (Å²) in [7, 11) is 0. The maximum atomic E-state index is 10.2. The van der Waals surface area contributed by atoms with Gasteiger partial charge in [0.25, 0.3) is 0 Å². The van der Waals surface area contributed by atoms with Gasteiger partial charge in [0, 0.05) is 6.42 Å². The van der Waals surface area contributed by atoms with Gasteiger partial charge in [-0.25, -0.2) is 0 Å². The minimum absolute atomic E-state index is 0.494. The molecule has 0 spiro atoms. The first-order valence-corrected chi connectivity index (χ1v) is 4.11. The molecule has 0 aromatic heterocycles. The number of hydrogen-bond donors (Lipinski definition) is 0. The molecule has 0 atom stereocenters. The fraction of sp³-hybridized carbons (Fsp3) is 0.364. The van der Waals surface area contributed by atoms with Crippen LogP contribution in [0.25, 0.3) is 0 Å². The molecular formula is C11H16O. The van der Waals surface area contributed by atoms with Crippen molar-refractivity contribution in [3.8, 4) is 0 Å². The van der Waals surface area contributed by atoms with Gasteiger partial charge in [-0.05, 0) is 26.3 Å². The molecule has 0 radical (unpaired) electrons. The molecule has 0 aliphatic heterocycles. The second-order valence-electron chi connectivity index (χ2n) is 2.86. The number of carbonyl (C=O) groups is 1. The standard InChI is InChI=1S/C11H16O/c1-4-5-11(8-9-12)7-6-10(2)3/h4-7,9H,8H2,1-3H3/b5-4-,11-7+. The summed E-state index contributed by atoms with van der Waals surface area (Å²) >= 11 is 0. The third-order valence-corrected chi connectivity index (χ3v) is 1.33. The monoisotopic (exact) mass is 164 g/mol. The Morgan fingerprint density at radius 2 is 1.92 bits per heavy atom. The topological polar surface area (TPSA) is 17.1 Å². The lowest BCUT2D eigenvalue weighted by molar-refractivity contribution is -0.107. The summed E-state index contributed by atoms with van der Waals surface area (Å²) in [6.45, 7) is 6.01. The van der Waals surface area contributed by atoms with E-state index in [1.54, 1.807) is 0 Å². The molecular weight excluding hydrogens is 148 g/mol. The fourth-order valence-electron chi connectivity index (χ4n) is 0.776. The smallest absolute Gasteiger partial charge is 0.124 e. The van der Waals surface area contributed by atoms with Gasteiger partial charge in [0.05, 0.1) is 0 Å². The predicted octanol–water partition coefficient (Wildman–Crippen LogP) is 3.04. The van der Waals surface area contributed by atoms with Gasteiger partial charge in [0.15, 0.2) is 0 Å². The molecule has 0 amide bonds. The average Bonchev–Trinajstić information content (AvgIpc) is 2.01. The van der Waals surface area contributed by atoms with Crippen LogP contribution in [0.15, 0.2) is 35.5 Å². The van der Waals surface area contributed by atoms with Crippen LogP contribution in [-0.2, 0) is 4.79 Å². The van der Waals surface area contributed by atoms with Crippen molar-refractivity contribution in [3.05, 3.63) is 35.5 Å². The molecule has 0 saturated heterocycles. The Morgan fingerprint density at radius 1 is 1.25 bits per heavy atom. The molecule has 1 nitrogen and oxygen atoms in total. The Balaban J connectivity index is 4.37. The largest absolute Gasteiger partial charge is 0.303 e. The molecule has 0 saturated carbocycles. The van der Waals surface area contributed by atoms with Crippen molar-refractivity contribution in [1.82, 2.24) is 0 Å². The molecule has 0 fully saturated rings. The molecule has 12 heavy (non-hydrogen) atoms. The zero-order valence-electron chi connectivity index (χ0n) is 8.00. The van der Waals surface area contributed by atoms with Gasteiger partial charge in [0.1, 0.15) is 6.29 Å². The van der Waals surface area contributed by atoms with Gasteiger partial charge < -0.3 is 4.79 Å². The highest BCUT2D eigenvalue weighted by Gasteiger charge is 1.87. The van der Waals surface area contributed by atoms with Gasteiger partial charge in [-0.15, -0.1) is 0 Å². The molecule has 0 heterocycles. The Morgan fingerprint density at radius 3 is 2.33 bits per heavy atom. The molecule has 0 rings (SSSR count). The minimum Gasteiger partial charge on any atom is -0.303 e. The second kappa shape index (κ2) is 6.59. The molecule has 0 bridgehead atoms. The summed E-state index contributed by atoms with van der Waals surface area (Å²) in [5.41, 5.74) is 2.29. The van der Waals surface area contributed by atoms with E-state index in [9.17, 15) is 4.79 Å². The first-order chi connectivity index (χ1) is 5.70. The van der Waals surface area contributed by atoms with Crippen molar-refractivity contribution in [2.45, 2.75) is 27.2 Å². The highest BCUT2D eigenvalue weighted by atomic mass is 16.1. The highest BCUT2D eigenvalue weighted by molar-refractivity contribution is 5.56. The summed E-state index contributed by atoms with van der Waals surface area (Å²) in [5.74, 6) is 0. The van der Waals surface area contributed by atoms with Crippen LogP contribution in [0.1, 0.15) is 27.2 Å². The molecule has 1 heteroatoms. The normalized spacial score (nSPS) is 11.8. The van der Waals surface area contributed by atoms with Crippen LogP contribution in [-0.4, -0.2) is 6.29 Å². The Hall–Kier alpha value is -1.11. The number of carbonyl (C=O) groups excluding carboxylic acids is 1. The van der Waals surface area contributed by atoms with E-state index in [1.165, 1.54) is 5.57 Å². The van der Waals surface area contributed by atoms with Gasteiger partial charge in [-0.2, -0.15) is 0 Å². The second-order valence-corrected chi connectivity index (χ2v) is 2.86. The summed E-state index contributed by atoms with van der Waals surface area (Å²) in [6, 6.07) is 0. The molecule has 0 N–H and O–H groups in total. The van der Waals surface area contributed by atoms with Gasteiger partial charge in [0.2, 0.25) is 0 Å². The number of hydrogen-bond acceptors (Lipinski definition) is 1. The maximum absolute atomic E-state index is 10.2. The van der Waals surface area contributed by atoms with Crippen LogP contribution in [0.5, 0.6) is 0 Å². The van der Waals surface area contributed by atoms with E-state index in [4.69, 9.17) is 0 Å². The van der Waals surface area contributed by atoms with E-state index in [0.29, 0.717) is 6.42 Å². The Bertz CT molecular complexity index is 215. The van der Waals surface area contributed by atoms with Crippen LogP contribution < -0.4 is 0 Å². The van der Waals surface area contributed by atoms with Crippen LogP contribution >= 0.6 is 0 Å². The Kier molecular flexibility index (Phi) is 5.98. The lowest BCUT2D eigenvalue weighted by Gasteiger charge is -1.92. The maximum Gasteiger partial charge on any atom is 0.124 e. The van der Waals surface area contributed by atoms with E-state index in [-0.39, 0.29) is 0 Å². The van der Waals surface area contributed by atoms with E-state index >= 15 is 0 Å². The molecule has 0 aliphatic rings. The van der Waals surface area contributed by atoms with E-state index in [2.05, 4.69) is 0 Å². The van der Waals surface area contributed by atoms with Crippen LogP contribution in [0, 0.1) is 0 Å². The fourth-order valence-corrected chi connectivity index (χ4v) is 0.776. The van der Waals surface area contributed by atoms with E-state index in [0.717, 1.165) is 11.9 Å². The third-order valence-electron chi connectivity index (χ3n) is 1.33. The van der Waals surface area contributed by atoms with E-state index < -0.39 is 0 Å². The SMILES string of the molecule is C/C=C\C(=C/C=C(C)C)CC=O. The Labute approximate surface area is 74.5 Å². The molecule has 0 aliphatic carbocycles. The van der Waals surface area contributed by atoms with Crippen LogP contribution in [0.4, 0.5) is 0 Å². The van der Waals surface area contributed by atoms with Crippen LogP contribution in [0.2, 0.25) is 0 Å². The van der Waals surface area contributed by atoms with Gasteiger partial charge >= 0.3 is 0 Å². The molecule has 0 unspecified atom stereocenters. The number of rotatable bonds is 4. The first kappa shape index (κ1) is 10.9. The van der Waals surface area contributed by atoms with Crippen molar-refractivity contribution >= 4 is 6.29 Å². The molecule has 66 valence electrons. The van der Waals surface area contributed by atoms with Crippen LogP contribution in [0.3, 0.4) is 0 Å². The quantitative estimate of drug-likeness (QED) is 0.461. The average molecular weight is 164 g/mol. The highest BCUT2D eigenvalue weighted by Crippen LogP contribution is 2.03. The lowest BCUT2D eigenvalue weighted by Crippen LogP contribution is -1.79. The van der Waals surface area contributed by atoms with Crippen molar-refractivity contribution < 1.29 is 4.79 Å². The number of allylic oxidation sites excluding steroid dienone is 6. The summed E-state index contributed by atoms with van der Waals surface area (Å²) in [4.78, 5) is 10.2. The van der Waals surface area contributed by atoms with Gasteiger partial charge in [-0.1, -0.05) is 29.9 Å². The van der Waals surface area contributed by atoms with Crippen molar-refractivity contribution in [1.29, 1.82) is 0 Å². The molecule has 0 aromatic carbocycles. The van der Waals surface area contributed by atoms with E-state index in [1.807, 2.05) is 45.1 Å². The van der Waals surface area contributed by atoms with Crippen molar-refractivity contribution in [2.75, 3.05) is 0 Å². The van der Waals surface area contributed by atoms with Crippen molar-refractivity contribution in [2.24, 2.45) is 0 Å². The summed E-state index contributed by atoms with van der Waals surface area (Å²) < 4.78 is 0. The third kappa shape index (κ3) is 5.66. The van der Waals surface area contributed by atoms with Gasteiger partial charge in [-0.3, -0.25) is 0 Å². The zero-order chi connectivity index (χ0) is 9.40. The van der Waals surface area contributed by atoms with Crippen molar-refractivity contribution in [3.63, 3.8) is 0 Å². The number of aldehydes is 1. The zero-order valence-corrected chi connectivity index (χ0v) is 8.00. The predicted molar refractivity (Wildman–Crippen MR) is 53.0 cm³/mol. The lowest BCUT2D eigenvalue weighted by atomic mass is 10.1. The minimum atomic E-state index is 0.494. The first-order valence-electron chi connectivity index (χ1n) is 4.11. The summed E-state index contributed by atoms with van der Waals surface area (Å²) in [6.07, 6.45) is 9.30. The summed E-state index contributed by atoms with van der Waals surface area (Å²) in [5, 5.41) is 0.